The molecule has 0 unspecified atom stereocenters. The van der Waals surface area contributed by atoms with Crippen molar-refractivity contribution in [2.24, 2.45) is 0 Å². The number of para-hydroxylation sites is 1. The van der Waals surface area contributed by atoms with E-state index in [9.17, 15) is 18.5 Å². The molecule has 0 saturated heterocycles. The maximum absolute atomic E-state index is 13.7. The first-order valence-electron chi connectivity index (χ1n) is 10.9. The molecule has 1 aliphatic rings. The minimum atomic E-state index is -4.17. The minimum Gasteiger partial charge on any atom is -0.376 e. The molecule has 0 amide bonds. The van der Waals surface area contributed by atoms with E-state index in [1.807, 2.05) is 60.7 Å². The summed E-state index contributed by atoms with van der Waals surface area (Å²) in [7, 11) is -4.17. The van der Waals surface area contributed by atoms with Crippen molar-refractivity contribution < 1.29 is 18.1 Å². The Labute approximate surface area is 197 Å². The number of hydrogen-bond donors (Lipinski definition) is 0. The van der Waals surface area contributed by atoms with Crippen molar-refractivity contribution in [2.45, 2.75) is 17.4 Å². The number of sulfonamides is 1. The quantitative estimate of drug-likeness (QED) is 0.269. The number of nitrogens with zero attached hydrogens (tertiary/aromatic N) is 2. The average Bonchev–Trinajstić information content (AvgIpc) is 3.25. The maximum Gasteiger partial charge on any atom is 0.289 e. The lowest BCUT2D eigenvalue weighted by atomic mass is 9.95. The molecule has 0 fully saturated rings. The molecule has 0 saturated carbocycles. The van der Waals surface area contributed by atoms with Crippen molar-refractivity contribution in [1.82, 2.24) is 0 Å². The third kappa shape index (κ3) is 3.91. The molecular weight excluding hydrogens is 452 g/mol. The van der Waals surface area contributed by atoms with Crippen LogP contribution in [0.5, 0.6) is 0 Å². The summed E-state index contributed by atoms with van der Waals surface area (Å²) in [6.07, 6.45) is 0. The van der Waals surface area contributed by atoms with E-state index in [0.717, 1.165) is 21.9 Å². The zero-order chi connectivity index (χ0) is 23.7. The second kappa shape index (κ2) is 8.89. The Hall–Kier alpha value is -3.75. The van der Waals surface area contributed by atoms with Crippen molar-refractivity contribution in [1.29, 1.82) is 0 Å². The van der Waals surface area contributed by atoms with Crippen molar-refractivity contribution in [3.8, 4) is 0 Å². The highest BCUT2D eigenvalue weighted by molar-refractivity contribution is 7.93. The number of benzene rings is 4. The third-order valence-electron chi connectivity index (χ3n) is 6.07. The van der Waals surface area contributed by atoms with Gasteiger partial charge in [-0.2, -0.15) is 0 Å². The monoisotopic (exact) mass is 474 g/mol. The zero-order valence-corrected chi connectivity index (χ0v) is 19.0. The summed E-state index contributed by atoms with van der Waals surface area (Å²) >= 11 is 0. The summed E-state index contributed by atoms with van der Waals surface area (Å²) in [5.41, 5.74) is 2.01. The lowest BCUT2D eigenvalue weighted by Crippen LogP contribution is -2.31. The second-order valence-electron chi connectivity index (χ2n) is 8.18. The van der Waals surface area contributed by atoms with Crippen molar-refractivity contribution in [2.75, 3.05) is 17.5 Å². The maximum atomic E-state index is 13.7. The van der Waals surface area contributed by atoms with E-state index in [2.05, 4.69) is 0 Å². The van der Waals surface area contributed by atoms with E-state index in [-0.39, 0.29) is 17.4 Å². The zero-order valence-electron chi connectivity index (χ0n) is 18.2. The summed E-state index contributed by atoms with van der Waals surface area (Å²) in [5.74, 6) is -0.220. The van der Waals surface area contributed by atoms with Crippen molar-refractivity contribution in [3.05, 3.63) is 112 Å². The molecule has 0 aliphatic carbocycles. The van der Waals surface area contributed by atoms with Gasteiger partial charge >= 0.3 is 0 Å². The first kappa shape index (κ1) is 22.1. The van der Waals surface area contributed by atoms with E-state index in [1.54, 1.807) is 6.07 Å². The Bertz CT molecular complexity index is 1470. The molecule has 4 aromatic rings. The third-order valence-corrected chi connectivity index (χ3v) is 7.90. The van der Waals surface area contributed by atoms with Gasteiger partial charge in [-0.05, 0) is 34.0 Å². The fourth-order valence-corrected chi connectivity index (χ4v) is 6.21. The van der Waals surface area contributed by atoms with Gasteiger partial charge in [-0.1, -0.05) is 72.8 Å². The molecule has 1 aliphatic heterocycles. The van der Waals surface area contributed by atoms with Gasteiger partial charge in [0, 0.05) is 18.5 Å². The Morgan fingerprint density at radius 2 is 1.62 bits per heavy atom. The first-order valence-corrected chi connectivity index (χ1v) is 12.3. The summed E-state index contributed by atoms with van der Waals surface area (Å²) < 4.78 is 34.7. The first-order chi connectivity index (χ1) is 16.5. The van der Waals surface area contributed by atoms with Gasteiger partial charge in [0.2, 0.25) is 0 Å². The van der Waals surface area contributed by atoms with Gasteiger partial charge in [0.15, 0.2) is 4.90 Å². The number of fused-ring (bicyclic) bond motifs is 3. The average molecular weight is 475 g/mol. The lowest BCUT2D eigenvalue weighted by molar-refractivity contribution is -0.387. The molecule has 8 heteroatoms. The number of ether oxygens (including phenoxy) is 1. The molecule has 1 atom stereocenters. The Kier molecular flexibility index (Phi) is 5.77. The van der Waals surface area contributed by atoms with Crippen LogP contribution in [0, 0.1) is 10.1 Å². The topological polar surface area (TPSA) is 89.8 Å². The molecule has 34 heavy (non-hydrogen) atoms. The molecule has 0 spiro atoms. The van der Waals surface area contributed by atoms with Crippen LogP contribution in [0.25, 0.3) is 10.8 Å². The second-order valence-corrected chi connectivity index (χ2v) is 10.0. The molecule has 172 valence electrons. The van der Waals surface area contributed by atoms with E-state index in [4.69, 9.17) is 4.74 Å². The molecule has 0 bridgehead atoms. The Morgan fingerprint density at radius 1 is 0.912 bits per heavy atom. The molecule has 0 aromatic heterocycles. The predicted octanol–water partition coefficient (Wildman–Crippen LogP) is 5.26. The van der Waals surface area contributed by atoms with Crippen LogP contribution in [0.1, 0.15) is 17.0 Å². The van der Waals surface area contributed by atoms with Crippen LogP contribution in [0.3, 0.4) is 0 Å². The van der Waals surface area contributed by atoms with Crippen LogP contribution in [-0.4, -0.2) is 26.5 Å². The summed E-state index contributed by atoms with van der Waals surface area (Å²) in [5, 5.41) is 13.5. The van der Waals surface area contributed by atoms with Crippen LogP contribution in [-0.2, 0) is 21.4 Å². The number of nitro groups is 1. The van der Waals surface area contributed by atoms with Crippen LogP contribution in [0.2, 0.25) is 0 Å². The highest BCUT2D eigenvalue weighted by atomic mass is 32.2. The molecule has 5 rings (SSSR count). The van der Waals surface area contributed by atoms with Gasteiger partial charge in [-0.3, -0.25) is 14.4 Å². The standard InChI is InChI=1S/C26H22N2O5S/c29-28(30)23-12-6-7-13-25(23)34(31,32)27-16-21(18-33-17-19-8-2-1-3-9-19)26-22-11-5-4-10-20(22)14-15-24(26)27/h1-15,21H,16-18H2/t21-/m0/s1. The van der Waals surface area contributed by atoms with Gasteiger partial charge in [-0.15, -0.1) is 0 Å². The van der Waals surface area contributed by atoms with E-state index < -0.39 is 20.6 Å². The molecule has 4 aromatic carbocycles. The molecule has 1 heterocycles. The van der Waals surface area contributed by atoms with Gasteiger partial charge in [0.05, 0.1) is 23.8 Å². The summed E-state index contributed by atoms with van der Waals surface area (Å²) in [4.78, 5) is 10.6. The van der Waals surface area contributed by atoms with E-state index >= 15 is 0 Å². The van der Waals surface area contributed by atoms with Crippen LogP contribution < -0.4 is 4.31 Å². The minimum absolute atomic E-state index is 0.145. The van der Waals surface area contributed by atoms with Crippen LogP contribution in [0.4, 0.5) is 11.4 Å². The number of nitro benzene ring substituents is 1. The molecule has 0 N–H and O–H groups in total. The Balaban J connectivity index is 1.55. The van der Waals surface area contributed by atoms with Crippen molar-refractivity contribution in [3.63, 3.8) is 0 Å². The SMILES string of the molecule is O=[N+]([O-])c1ccccc1S(=O)(=O)N1C[C@@H](COCc2ccccc2)c2c1ccc1ccccc21. The fraction of sp³-hybridized carbons (Fsp3) is 0.154. The van der Waals surface area contributed by atoms with Gasteiger partial charge in [0.25, 0.3) is 15.7 Å². The van der Waals surface area contributed by atoms with E-state index in [0.29, 0.717) is 18.9 Å². The molecule has 0 radical (unpaired) electrons. The highest BCUT2D eigenvalue weighted by Crippen LogP contribution is 2.44. The number of rotatable bonds is 7. The van der Waals surface area contributed by atoms with Crippen LogP contribution >= 0.6 is 0 Å². The van der Waals surface area contributed by atoms with Gasteiger partial charge in [-0.25, -0.2) is 8.42 Å². The normalized spacial score (nSPS) is 15.4. The smallest absolute Gasteiger partial charge is 0.289 e. The molecular formula is C26H22N2O5S. The Morgan fingerprint density at radius 3 is 2.41 bits per heavy atom. The predicted molar refractivity (Wildman–Crippen MR) is 130 cm³/mol. The largest absolute Gasteiger partial charge is 0.376 e. The summed E-state index contributed by atoms with van der Waals surface area (Å²) in [6, 6.07) is 26.7. The summed E-state index contributed by atoms with van der Waals surface area (Å²) in [6.45, 7) is 0.875. The van der Waals surface area contributed by atoms with Crippen molar-refractivity contribution >= 4 is 32.2 Å². The number of anilines is 1. The van der Waals surface area contributed by atoms with E-state index in [1.165, 1.54) is 28.6 Å². The van der Waals surface area contributed by atoms with Crippen LogP contribution in [0.15, 0.2) is 95.9 Å². The molecule has 7 nitrogen and oxygen atoms in total. The lowest BCUT2D eigenvalue weighted by Gasteiger charge is -2.20. The van der Waals surface area contributed by atoms with Gasteiger partial charge < -0.3 is 4.74 Å². The van der Waals surface area contributed by atoms with Gasteiger partial charge in [0.1, 0.15) is 0 Å². The highest BCUT2D eigenvalue weighted by Gasteiger charge is 2.40. The number of hydrogen-bond acceptors (Lipinski definition) is 5. The fourth-order valence-electron chi connectivity index (χ4n) is 4.52.